The van der Waals surface area contributed by atoms with Gasteiger partial charge in [0.2, 0.25) is 5.91 Å². The van der Waals surface area contributed by atoms with E-state index in [0.29, 0.717) is 12.5 Å². The van der Waals surface area contributed by atoms with Crippen LogP contribution < -0.4 is 10.1 Å². The number of amides is 2. The Bertz CT molecular complexity index is 1100. The van der Waals surface area contributed by atoms with Crippen molar-refractivity contribution >= 4 is 12.0 Å². The van der Waals surface area contributed by atoms with Gasteiger partial charge in [0.25, 0.3) is 0 Å². The zero-order valence-corrected chi connectivity index (χ0v) is 24.4. The molecule has 6 nitrogen and oxygen atoms in total. The van der Waals surface area contributed by atoms with Gasteiger partial charge in [0.05, 0.1) is 6.04 Å². The number of hydrogen-bond acceptors (Lipinski definition) is 4. The molecular formula is C34H46N2O4. The van der Waals surface area contributed by atoms with E-state index in [-0.39, 0.29) is 30.0 Å². The van der Waals surface area contributed by atoms with Crippen molar-refractivity contribution in [1.29, 1.82) is 0 Å². The van der Waals surface area contributed by atoms with E-state index in [4.69, 9.17) is 9.47 Å². The molecule has 6 heteroatoms. The van der Waals surface area contributed by atoms with Gasteiger partial charge in [-0.3, -0.25) is 4.79 Å². The third-order valence-electron chi connectivity index (χ3n) is 8.03. The van der Waals surface area contributed by atoms with Crippen molar-refractivity contribution in [2.75, 3.05) is 13.2 Å². The molecule has 2 aliphatic rings. The maximum absolute atomic E-state index is 13.1. The topological polar surface area (TPSA) is 67.9 Å². The van der Waals surface area contributed by atoms with Crippen molar-refractivity contribution in [3.8, 4) is 5.75 Å². The average Bonchev–Trinajstić information content (AvgIpc) is 3.22. The Kier molecular flexibility index (Phi) is 10.3. The molecule has 0 spiro atoms. The van der Waals surface area contributed by atoms with E-state index in [1.807, 2.05) is 37.8 Å². The van der Waals surface area contributed by atoms with Crippen LogP contribution in [-0.4, -0.2) is 47.7 Å². The summed E-state index contributed by atoms with van der Waals surface area (Å²) in [6, 6.07) is 19.1. The fourth-order valence-electron chi connectivity index (χ4n) is 5.99. The SMILES string of the molecule is C=CC[C@@H]1C[C@@H](COc2ccc(C3CCC(NC(=O)OC(C)(C)C)CC3)cc2)N(CCCc2ccccc2)C1=O. The molecule has 1 saturated heterocycles. The van der Waals surface area contributed by atoms with Crippen molar-refractivity contribution in [3.05, 3.63) is 78.4 Å². The Morgan fingerprint density at radius 2 is 1.75 bits per heavy atom. The summed E-state index contributed by atoms with van der Waals surface area (Å²) in [7, 11) is 0. The van der Waals surface area contributed by atoms with Gasteiger partial charge in [0.1, 0.15) is 18.0 Å². The largest absolute Gasteiger partial charge is 0.491 e. The van der Waals surface area contributed by atoms with Crippen molar-refractivity contribution in [2.24, 2.45) is 5.92 Å². The standard InChI is InChI=1S/C34H46N2O4/c1-5-10-28-23-30(36(32(28)37)22-9-13-25-11-7-6-8-12-25)24-39-31-20-16-27(17-21-31)26-14-18-29(19-15-26)35-33(38)40-34(2,3)4/h5-8,11-12,16-17,20-21,26,28-30H,1,9-10,13-15,18-19,22-24H2,2-4H3,(H,35,38)/t26?,28-,29?,30+/m1/s1. The second kappa shape index (κ2) is 13.9. The number of alkyl carbamates (subject to hydrolysis) is 1. The van der Waals surface area contributed by atoms with E-state index in [0.717, 1.165) is 63.7 Å². The summed E-state index contributed by atoms with van der Waals surface area (Å²) in [5.74, 6) is 1.56. The van der Waals surface area contributed by atoms with Crippen LogP contribution in [0.4, 0.5) is 4.79 Å². The summed E-state index contributed by atoms with van der Waals surface area (Å²) in [6.07, 6.45) is 8.93. The van der Waals surface area contributed by atoms with E-state index in [2.05, 4.69) is 60.4 Å². The molecule has 1 heterocycles. The number of ether oxygens (including phenoxy) is 2. The summed E-state index contributed by atoms with van der Waals surface area (Å²) in [5, 5.41) is 3.02. The predicted molar refractivity (Wildman–Crippen MR) is 159 cm³/mol. The van der Waals surface area contributed by atoms with Crippen molar-refractivity contribution in [2.45, 2.75) is 95.7 Å². The number of hydrogen-bond donors (Lipinski definition) is 1. The lowest BCUT2D eigenvalue weighted by molar-refractivity contribution is -0.132. The van der Waals surface area contributed by atoms with Gasteiger partial charge in [-0.25, -0.2) is 4.79 Å². The van der Waals surface area contributed by atoms with E-state index in [1.54, 1.807) is 0 Å². The molecule has 40 heavy (non-hydrogen) atoms. The molecule has 1 N–H and O–H groups in total. The number of carbonyl (C=O) groups excluding carboxylic acids is 2. The molecular weight excluding hydrogens is 500 g/mol. The maximum atomic E-state index is 13.1. The lowest BCUT2D eigenvalue weighted by Crippen LogP contribution is -2.40. The van der Waals surface area contributed by atoms with Gasteiger partial charge in [-0.15, -0.1) is 6.58 Å². The number of nitrogens with zero attached hydrogens (tertiary/aromatic N) is 1. The maximum Gasteiger partial charge on any atom is 0.407 e. The third-order valence-corrected chi connectivity index (χ3v) is 8.03. The van der Waals surface area contributed by atoms with Gasteiger partial charge in [-0.1, -0.05) is 48.5 Å². The van der Waals surface area contributed by atoms with Gasteiger partial charge in [-0.05, 0) is 101 Å². The molecule has 0 radical (unpaired) electrons. The number of nitrogens with one attached hydrogen (secondary N) is 1. The van der Waals surface area contributed by atoms with Crippen molar-refractivity contribution in [3.63, 3.8) is 0 Å². The van der Waals surface area contributed by atoms with Gasteiger partial charge < -0.3 is 19.7 Å². The Balaban J connectivity index is 1.25. The van der Waals surface area contributed by atoms with Crippen LogP contribution >= 0.6 is 0 Å². The molecule has 0 unspecified atom stereocenters. The highest BCUT2D eigenvalue weighted by atomic mass is 16.6. The Hall–Kier alpha value is -3.28. The fraction of sp³-hybridized carbons (Fsp3) is 0.529. The summed E-state index contributed by atoms with van der Waals surface area (Å²) in [6.45, 7) is 10.8. The molecule has 2 fully saturated rings. The zero-order chi connectivity index (χ0) is 28.5. The van der Waals surface area contributed by atoms with Crippen LogP contribution in [0.1, 0.15) is 82.8 Å². The molecule has 1 saturated carbocycles. The molecule has 1 aliphatic carbocycles. The lowest BCUT2D eigenvalue weighted by Gasteiger charge is -2.30. The smallest absolute Gasteiger partial charge is 0.407 e. The first kappa shape index (κ1) is 29.7. The Morgan fingerprint density at radius 3 is 2.40 bits per heavy atom. The van der Waals surface area contributed by atoms with Crippen LogP contribution in [-0.2, 0) is 16.0 Å². The Morgan fingerprint density at radius 1 is 1.05 bits per heavy atom. The van der Waals surface area contributed by atoms with Crippen molar-refractivity contribution < 1.29 is 19.1 Å². The summed E-state index contributed by atoms with van der Waals surface area (Å²) < 4.78 is 11.6. The minimum Gasteiger partial charge on any atom is -0.491 e. The van der Waals surface area contributed by atoms with E-state index < -0.39 is 5.60 Å². The number of allylic oxidation sites excluding steroid dienone is 1. The van der Waals surface area contributed by atoms with Crippen LogP contribution in [0.5, 0.6) is 5.75 Å². The minimum absolute atomic E-state index is 0.00476. The first-order valence-corrected chi connectivity index (χ1v) is 14.9. The van der Waals surface area contributed by atoms with Crippen LogP contribution in [0.2, 0.25) is 0 Å². The molecule has 2 aromatic rings. The monoisotopic (exact) mass is 546 g/mol. The molecule has 2 aromatic carbocycles. The van der Waals surface area contributed by atoms with E-state index in [9.17, 15) is 9.59 Å². The average molecular weight is 547 g/mol. The zero-order valence-electron chi connectivity index (χ0n) is 24.4. The van der Waals surface area contributed by atoms with Gasteiger partial charge in [0.15, 0.2) is 0 Å². The second-order valence-electron chi connectivity index (χ2n) is 12.3. The molecule has 0 bridgehead atoms. The molecule has 2 atom stereocenters. The molecule has 2 amide bonds. The predicted octanol–water partition coefficient (Wildman–Crippen LogP) is 7.04. The summed E-state index contributed by atoms with van der Waals surface area (Å²) in [4.78, 5) is 27.3. The molecule has 0 aromatic heterocycles. The highest BCUT2D eigenvalue weighted by Gasteiger charge is 2.38. The summed E-state index contributed by atoms with van der Waals surface area (Å²) in [5.41, 5.74) is 2.14. The van der Waals surface area contributed by atoms with Crippen molar-refractivity contribution in [1.82, 2.24) is 10.2 Å². The first-order valence-electron chi connectivity index (χ1n) is 14.9. The lowest BCUT2D eigenvalue weighted by atomic mass is 9.82. The van der Waals surface area contributed by atoms with E-state index in [1.165, 1.54) is 11.1 Å². The van der Waals surface area contributed by atoms with Gasteiger partial charge >= 0.3 is 6.09 Å². The number of benzene rings is 2. The molecule has 216 valence electrons. The third kappa shape index (κ3) is 8.61. The van der Waals surface area contributed by atoms with Crippen LogP contribution in [0.25, 0.3) is 0 Å². The number of likely N-dealkylation sites (tertiary alicyclic amines) is 1. The first-order chi connectivity index (χ1) is 19.2. The number of carbonyl (C=O) groups is 2. The quantitative estimate of drug-likeness (QED) is 0.307. The highest BCUT2D eigenvalue weighted by molar-refractivity contribution is 5.81. The summed E-state index contributed by atoms with van der Waals surface area (Å²) >= 11 is 0. The van der Waals surface area contributed by atoms with Crippen LogP contribution in [0.3, 0.4) is 0 Å². The highest BCUT2D eigenvalue weighted by Crippen LogP contribution is 2.34. The second-order valence-corrected chi connectivity index (χ2v) is 12.3. The molecule has 4 rings (SSSR count). The van der Waals surface area contributed by atoms with Crippen LogP contribution in [0.15, 0.2) is 67.3 Å². The van der Waals surface area contributed by atoms with Gasteiger partial charge in [0, 0.05) is 18.5 Å². The normalized spacial score (nSPS) is 23.1. The van der Waals surface area contributed by atoms with E-state index >= 15 is 0 Å². The number of rotatable bonds is 11. The minimum atomic E-state index is -0.480. The Labute approximate surface area is 240 Å². The van der Waals surface area contributed by atoms with Crippen LogP contribution in [0, 0.1) is 5.92 Å². The molecule has 1 aliphatic heterocycles. The van der Waals surface area contributed by atoms with Gasteiger partial charge in [-0.2, -0.15) is 0 Å². The fourth-order valence-corrected chi connectivity index (χ4v) is 5.99. The number of aryl methyl sites for hydroxylation is 1.